The van der Waals surface area contributed by atoms with Gasteiger partial charge in [-0.1, -0.05) is 12.1 Å². The second-order valence-corrected chi connectivity index (χ2v) is 5.17. The fraction of sp³-hybridized carbons (Fsp3) is 0.316. The average Bonchev–Trinajstić information content (AvgIpc) is 2.65. The Balaban J connectivity index is 2.35. The predicted octanol–water partition coefficient (Wildman–Crippen LogP) is 3.57. The minimum Gasteiger partial charge on any atom is -0.497 e. The van der Waals surface area contributed by atoms with E-state index in [0.29, 0.717) is 29.4 Å². The minimum absolute atomic E-state index is 0.367. The van der Waals surface area contributed by atoms with Crippen LogP contribution >= 0.6 is 0 Å². The fourth-order valence-electron chi connectivity index (χ4n) is 2.57. The molecule has 2 rings (SSSR count). The first kappa shape index (κ1) is 17.5. The van der Waals surface area contributed by atoms with E-state index in [-0.39, 0.29) is 5.92 Å². The summed E-state index contributed by atoms with van der Waals surface area (Å²) in [6, 6.07) is 13.4. The van der Waals surface area contributed by atoms with Crippen LogP contribution in [0.3, 0.4) is 0 Å². The molecule has 0 aliphatic carbocycles. The lowest BCUT2D eigenvalue weighted by Gasteiger charge is -2.17. The van der Waals surface area contributed by atoms with Crippen molar-refractivity contribution in [2.45, 2.75) is 12.3 Å². The first-order valence-electron chi connectivity index (χ1n) is 7.49. The molecule has 0 heterocycles. The third kappa shape index (κ3) is 3.72. The molecule has 0 N–H and O–H groups in total. The van der Waals surface area contributed by atoms with Gasteiger partial charge in [-0.3, -0.25) is 0 Å². The summed E-state index contributed by atoms with van der Waals surface area (Å²) in [7, 11) is 6.39. The van der Waals surface area contributed by atoms with Crippen molar-refractivity contribution in [2.75, 3.05) is 28.4 Å². The Morgan fingerprint density at radius 1 is 0.833 bits per heavy atom. The third-order valence-electron chi connectivity index (χ3n) is 3.89. The van der Waals surface area contributed by atoms with Gasteiger partial charge in [0.1, 0.15) is 23.0 Å². The first-order chi connectivity index (χ1) is 11.7. The monoisotopic (exact) mass is 327 g/mol. The Kier molecular flexibility index (Phi) is 5.91. The van der Waals surface area contributed by atoms with Crippen LogP contribution in [-0.2, 0) is 6.42 Å². The Labute approximate surface area is 142 Å². The molecule has 0 saturated heterocycles. The van der Waals surface area contributed by atoms with Crippen LogP contribution in [0.15, 0.2) is 36.4 Å². The number of nitriles is 1. The fourth-order valence-corrected chi connectivity index (χ4v) is 2.57. The number of benzene rings is 2. The lowest BCUT2D eigenvalue weighted by atomic mass is 9.92. The van der Waals surface area contributed by atoms with Crippen LogP contribution in [0.5, 0.6) is 23.0 Å². The summed E-state index contributed by atoms with van der Waals surface area (Å²) >= 11 is 0. The van der Waals surface area contributed by atoms with Crippen molar-refractivity contribution in [3.8, 4) is 29.1 Å². The van der Waals surface area contributed by atoms with Crippen LogP contribution in [0.4, 0.5) is 0 Å². The topological polar surface area (TPSA) is 60.7 Å². The highest BCUT2D eigenvalue weighted by molar-refractivity contribution is 5.47. The largest absolute Gasteiger partial charge is 0.497 e. The molecule has 0 fully saturated rings. The van der Waals surface area contributed by atoms with Gasteiger partial charge >= 0.3 is 0 Å². The molecular formula is C19H21NO4. The van der Waals surface area contributed by atoms with Crippen molar-refractivity contribution >= 4 is 0 Å². The van der Waals surface area contributed by atoms with Gasteiger partial charge in [-0.05, 0) is 24.1 Å². The lowest BCUT2D eigenvalue weighted by molar-refractivity contribution is 0.387. The second kappa shape index (κ2) is 8.11. The third-order valence-corrected chi connectivity index (χ3v) is 3.89. The van der Waals surface area contributed by atoms with E-state index in [0.717, 1.165) is 11.1 Å². The molecule has 0 aromatic heterocycles. The molecule has 0 amide bonds. The smallest absolute Gasteiger partial charge is 0.127 e. The van der Waals surface area contributed by atoms with Crippen molar-refractivity contribution in [1.29, 1.82) is 5.26 Å². The average molecular weight is 327 g/mol. The molecule has 0 saturated carbocycles. The van der Waals surface area contributed by atoms with Crippen molar-refractivity contribution in [3.05, 3.63) is 47.5 Å². The molecule has 0 bridgehead atoms. The van der Waals surface area contributed by atoms with E-state index in [9.17, 15) is 5.26 Å². The maximum absolute atomic E-state index is 9.65. The molecule has 126 valence electrons. The van der Waals surface area contributed by atoms with Crippen molar-refractivity contribution in [1.82, 2.24) is 0 Å². The van der Waals surface area contributed by atoms with Crippen molar-refractivity contribution in [2.24, 2.45) is 0 Å². The van der Waals surface area contributed by atoms with Gasteiger partial charge in [0, 0.05) is 17.7 Å². The normalized spacial score (nSPS) is 11.3. The maximum atomic E-state index is 9.65. The van der Waals surface area contributed by atoms with Gasteiger partial charge in [0.2, 0.25) is 0 Å². The van der Waals surface area contributed by atoms with Gasteiger partial charge in [-0.25, -0.2) is 0 Å². The quantitative estimate of drug-likeness (QED) is 0.778. The summed E-state index contributed by atoms with van der Waals surface area (Å²) in [4.78, 5) is 0. The molecule has 0 spiro atoms. The molecule has 0 aliphatic heterocycles. The van der Waals surface area contributed by atoms with E-state index >= 15 is 0 Å². The molecule has 1 atom stereocenters. The number of hydrogen-bond donors (Lipinski definition) is 0. The van der Waals surface area contributed by atoms with Gasteiger partial charge in [0.25, 0.3) is 0 Å². The Morgan fingerprint density at radius 2 is 1.42 bits per heavy atom. The zero-order chi connectivity index (χ0) is 17.5. The molecule has 0 aliphatic rings. The van der Waals surface area contributed by atoms with E-state index in [4.69, 9.17) is 18.9 Å². The number of rotatable bonds is 7. The molecule has 1 unspecified atom stereocenters. The molecule has 5 nitrogen and oxygen atoms in total. The Bertz CT molecular complexity index is 737. The van der Waals surface area contributed by atoms with E-state index in [1.54, 1.807) is 34.5 Å². The molecule has 24 heavy (non-hydrogen) atoms. The van der Waals surface area contributed by atoms with Gasteiger partial charge in [0.05, 0.1) is 40.4 Å². The van der Waals surface area contributed by atoms with Crippen molar-refractivity contribution < 1.29 is 18.9 Å². The Morgan fingerprint density at radius 3 is 1.96 bits per heavy atom. The minimum atomic E-state index is -0.367. The predicted molar refractivity (Wildman–Crippen MR) is 91.2 cm³/mol. The van der Waals surface area contributed by atoms with Crippen molar-refractivity contribution in [3.63, 3.8) is 0 Å². The highest BCUT2D eigenvalue weighted by atomic mass is 16.5. The van der Waals surface area contributed by atoms with Gasteiger partial charge in [-0.2, -0.15) is 5.26 Å². The molecule has 0 radical (unpaired) electrons. The van der Waals surface area contributed by atoms with Crippen LogP contribution in [0.25, 0.3) is 0 Å². The number of nitrogens with zero attached hydrogens (tertiary/aromatic N) is 1. The number of methoxy groups -OCH3 is 4. The summed E-state index contributed by atoms with van der Waals surface area (Å²) in [5, 5.41) is 9.65. The van der Waals surface area contributed by atoms with Gasteiger partial charge in [-0.15, -0.1) is 0 Å². The SMILES string of the molecule is COc1ccc(CC(C#N)c2ccc(OC)cc2OC)c(OC)c1. The lowest BCUT2D eigenvalue weighted by Crippen LogP contribution is -2.05. The maximum Gasteiger partial charge on any atom is 0.127 e. The molecule has 2 aromatic carbocycles. The molecular weight excluding hydrogens is 306 g/mol. The summed E-state index contributed by atoms with van der Waals surface area (Å²) in [5.41, 5.74) is 1.75. The van der Waals surface area contributed by atoms with Gasteiger partial charge < -0.3 is 18.9 Å². The van der Waals surface area contributed by atoms with Crippen LogP contribution in [0.1, 0.15) is 17.0 Å². The van der Waals surface area contributed by atoms with E-state index in [2.05, 4.69) is 6.07 Å². The number of ether oxygens (including phenoxy) is 4. The summed E-state index contributed by atoms with van der Waals surface area (Å²) in [5.74, 6) is 2.36. The van der Waals surface area contributed by atoms with Crippen LogP contribution in [-0.4, -0.2) is 28.4 Å². The molecule has 5 heteroatoms. The van der Waals surface area contributed by atoms with E-state index in [1.807, 2.05) is 30.3 Å². The van der Waals surface area contributed by atoms with Gasteiger partial charge in [0.15, 0.2) is 0 Å². The second-order valence-electron chi connectivity index (χ2n) is 5.17. The zero-order valence-corrected chi connectivity index (χ0v) is 14.3. The molecule has 2 aromatic rings. The summed E-state index contributed by atoms with van der Waals surface area (Å²) in [6.45, 7) is 0. The van der Waals surface area contributed by atoms with E-state index in [1.165, 1.54) is 0 Å². The zero-order valence-electron chi connectivity index (χ0n) is 14.3. The van der Waals surface area contributed by atoms with Crippen LogP contribution in [0, 0.1) is 11.3 Å². The Hall–Kier alpha value is -2.87. The van der Waals surface area contributed by atoms with Crippen LogP contribution in [0.2, 0.25) is 0 Å². The highest BCUT2D eigenvalue weighted by Gasteiger charge is 2.19. The number of hydrogen-bond acceptors (Lipinski definition) is 5. The van der Waals surface area contributed by atoms with Crippen LogP contribution < -0.4 is 18.9 Å². The summed E-state index contributed by atoms with van der Waals surface area (Å²) < 4.78 is 21.3. The van der Waals surface area contributed by atoms with E-state index < -0.39 is 0 Å². The first-order valence-corrected chi connectivity index (χ1v) is 7.49. The standard InChI is InChI=1S/C19H21NO4/c1-21-15-6-5-13(18(10-15)23-3)9-14(12-20)17-8-7-16(22-2)11-19(17)24-4/h5-8,10-11,14H,9H2,1-4H3. The summed E-state index contributed by atoms with van der Waals surface area (Å²) in [6.07, 6.45) is 0.506. The highest BCUT2D eigenvalue weighted by Crippen LogP contribution is 2.35.